The molecule has 0 bridgehead atoms. The highest BCUT2D eigenvalue weighted by Crippen LogP contribution is 2.19. The molecule has 0 saturated carbocycles. The summed E-state index contributed by atoms with van der Waals surface area (Å²) in [6.45, 7) is 0.806. The molecule has 1 aromatic heterocycles. The van der Waals surface area contributed by atoms with Crippen molar-refractivity contribution in [2.75, 3.05) is 48.9 Å². The van der Waals surface area contributed by atoms with Crippen LogP contribution in [0.25, 0.3) is 0 Å². The quantitative estimate of drug-likeness (QED) is 0.815. The lowest BCUT2D eigenvalue weighted by Gasteiger charge is -2.26. The molecule has 1 aliphatic rings. The number of carbonyl (C=O) groups excluding carboxylic acids is 1. The van der Waals surface area contributed by atoms with Gasteiger partial charge in [0.1, 0.15) is 11.6 Å². The lowest BCUT2D eigenvalue weighted by molar-refractivity contribution is 0.0770. The van der Waals surface area contributed by atoms with Crippen molar-refractivity contribution in [1.82, 2.24) is 9.88 Å². The maximum absolute atomic E-state index is 14.0. The minimum atomic E-state index is -3.03. The zero-order chi connectivity index (χ0) is 20.3. The van der Waals surface area contributed by atoms with Crippen LogP contribution in [0.3, 0.4) is 0 Å². The third-order valence-electron chi connectivity index (χ3n) is 4.61. The van der Waals surface area contributed by atoms with E-state index in [0.717, 1.165) is 5.56 Å². The Balaban J connectivity index is 1.59. The van der Waals surface area contributed by atoms with Crippen LogP contribution < -0.4 is 10.2 Å². The first-order chi connectivity index (χ1) is 13.2. The summed E-state index contributed by atoms with van der Waals surface area (Å²) in [4.78, 5) is 19.9. The van der Waals surface area contributed by atoms with Crippen LogP contribution in [-0.2, 0) is 16.4 Å². The number of aromatic nitrogens is 1. The molecule has 2 heterocycles. The molecule has 0 unspecified atom stereocenters. The van der Waals surface area contributed by atoms with Crippen LogP contribution in [0.15, 0.2) is 36.5 Å². The molecule has 150 valence electrons. The number of sulfone groups is 1. The number of pyridine rings is 1. The largest absolute Gasteiger partial charge is 0.375 e. The van der Waals surface area contributed by atoms with Crippen molar-refractivity contribution in [3.05, 3.63) is 53.5 Å². The number of hydrogen-bond donors (Lipinski definition) is 1. The smallest absolute Gasteiger partial charge is 0.255 e. The second-order valence-corrected chi connectivity index (χ2v) is 9.21. The molecule has 1 fully saturated rings. The fraction of sp³-hybridized carbons (Fsp3) is 0.368. The van der Waals surface area contributed by atoms with Gasteiger partial charge in [0.05, 0.1) is 22.8 Å². The molecule has 1 saturated heterocycles. The average molecular weight is 406 g/mol. The maximum Gasteiger partial charge on any atom is 0.255 e. The maximum atomic E-state index is 14.0. The first-order valence-corrected chi connectivity index (χ1v) is 10.7. The number of anilines is 2. The summed E-state index contributed by atoms with van der Waals surface area (Å²) in [6.07, 6.45) is 1.46. The van der Waals surface area contributed by atoms with Gasteiger partial charge in [-0.2, -0.15) is 0 Å². The predicted octanol–water partition coefficient (Wildman–Crippen LogP) is 1.77. The monoisotopic (exact) mass is 406 g/mol. The Morgan fingerprint density at radius 1 is 1.21 bits per heavy atom. The van der Waals surface area contributed by atoms with Crippen molar-refractivity contribution in [1.29, 1.82) is 0 Å². The summed E-state index contributed by atoms with van der Waals surface area (Å²) >= 11 is 0. The van der Waals surface area contributed by atoms with Crippen LogP contribution in [0.5, 0.6) is 0 Å². The van der Waals surface area contributed by atoms with E-state index >= 15 is 0 Å². The third-order valence-corrected chi connectivity index (χ3v) is 6.22. The van der Waals surface area contributed by atoms with Crippen LogP contribution in [0.4, 0.5) is 15.9 Å². The van der Waals surface area contributed by atoms with Crippen LogP contribution >= 0.6 is 0 Å². The second-order valence-electron chi connectivity index (χ2n) is 6.91. The Morgan fingerprint density at radius 2 is 1.93 bits per heavy atom. The van der Waals surface area contributed by atoms with Crippen LogP contribution in [-0.4, -0.2) is 62.9 Å². The molecule has 28 heavy (non-hydrogen) atoms. The molecular weight excluding hydrogens is 383 g/mol. The minimum absolute atomic E-state index is 0.00498. The van der Waals surface area contributed by atoms with E-state index in [2.05, 4.69) is 10.3 Å². The van der Waals surface area contributed by atoms with Gasteiger partial charge in [0.15, 0.2) is 9.84 Å². The van der Waals surface area contributed by atoms with E-state index in [0.29, 0.717) is 23.6 Å². The summed E-state index contributed by atoms with van der Waals surface area (Å²) in [5.74, 6) is 0.0381. The van der Waals surface area contributed by atoms with E-state index in [9.17, 15) is 17.6 Å². The van der Waals surface area contributed by atoms with Crippen molar-refractivity contribution >= 4 is 27.2 Å². The molecule has 2 aromatic rings. The van der Waals surface area contributed by atoms with E-state index < -0.39 is 9.84 Å². The first kappa shape index (κ1) is 20.1. The van der Waals surface area contributed by atoms with Crippen molar-refractivity contribution < 1.29 is 17.6 Å². The molecule has 9 heteroatoms. The van der Waals surface area contributed by atoms with Gasteiger partial charge in [0.25, 0.3) is 5.91 Å². The standard InChI is InChI=1S/C19H23FN4O3S/c1-23(2)17-5-3-14(11-16(17)20)12-21-18-6-4-15(13-22-18)19(25)24-7-9-28(26,27)10-8-24/h3-6,11,13H,7-10,12H2,1-2H3,(H,21,22). The average Bonchev–Trinajstić information content (AvgIpc) is 2.66. The molecule has 1 amide bonds. The highest BCUT2D eigenvalue weighted by Gasteiger charge is 2.25. The second kappa shape index (κ2) is 8.14. The van der Waals surface area contributed by atoms with Gasteiger partial charge in [-0.3, -0.25) is 4.79 Å². The highest BCUT2D eigenvalue weighted by molar-refractivity contribution is 7.91. The van der Waals surface area contributed by atoms with Crippen LogP contribution in [0.1, 0.15) is 15.9 Å². The fourth-order valence-electron chi connectivity index (χ4n) is 2.94. The van der Waals surface area contributed by atoms with E-state index in [-0.39, 0.29) is 36.3 Å². The zero-order valence-corrected chi connectivity index (χ0v) is 16.7. The molecule has 7 nitrogen and oxygen atoms in total. The lowest BCUT2D eigenvalue weighted by atomic mass is 10.2. The molecule has 1 aliphatic heterocycles. The van der Waals surface area contributed by atoms with Gasteiger partial charge in [-0.25, -0.2) is 17.8 Å². The van der Waals surface area contributed by atoms with Crippen LogP contribution in [0, 0.1) is 5.82 Å². The van der Waals surface area contributed by atoms with E-state index in [1.807, 2.05) is 6.07 Å². The number of nitrogens with one attached hydrogen (secondary N) is 1. The van der Waals surface area contributed by atoms with Gasteiger partial charge >= 0.3 is 0 Å². The summed E-state index contributed by atoms with van der Waals surface area (Å²) in [6, 6.07) is 8.37. The molecule has 1 aromatic carbocycles. The Bertz CT molecular complexity index is 948. The Hall–Kier alpha value is -2.68. The number of carbonyl (C=O) groups is 1. The summed E-state index contributed by atoms with van der Waals surface area (Å²) in [5.41, 5.74) is 1.71. The molecule has 0 aliphatic carbocycles. The van der Waals surface area contributed by atoms with Crippen molar-refractivity contribution in [3.63, 3.8) is 0 Å². The van der Waals surface area contributed by atoms with Crippen molar-refractivity contribution in [3.8, 4) is 0 Å². The van der Waals surface area contributed by atoms with E-state index in [1.165, 1.54) is 17.2 Å². The highest BCUT2D eigenvalue weighted by atomic mass is 32.2. The lowest BCUT2D eigenvalue weighted by Crippen LogP contribution is -2.43. The van der Waals surface area contributed by atoms with Crippen molar-refractivity contribution in [2.45, 2.75) is 6.54 Å². The number of halogens is 1. The van der Waals surface area contributed by atoms with Crippen molar-refractivity contribution in [2.24, 2.45) is 0 Å². The summed E-state index contributed by atoms with van der Waals surface area (Å²) in [5, 5.41) is 3.10. The van der Waals surface area contributed by atoms with E-state index in [1.54, 1.807) is 37.2 Å². The summed E-state index contributed by atoms with van der Waals surface area (Å²) in [7, 11) is 0.536. The molecule has 0 spiro atoms. The molecular formula is C19H23FN4O3S. The molecule has 3 rings (SSSR count). The molecule has 0 radical (unpaired) electrons. The summed E-state index contributed by atoms with van der Waals surface area (Å²) < 4.78 is 37.0. The number of amides is 1. The SMILES string of the molecule is CN(C)c1ccc(CNc2ccc(C(=O)N3CCS(=O)(=O)CC3)cn2)cc1F. The predicted molar refractivity (Wildman–Crippen MR) is 107 cm³/mol. The van der Waals surface area contributed by atoms with Gasteiger partial charge in [0.2, 0.25) is 0 Å². The first-order valence-electron chi connectivity index (χ1n) is 8.90. The number of benzene rings is 1. The third kappa shape index (κ3) is 4.78. The fourth-order valence-corrected chi connectivity index (χ4v) is 4.14. The van der Waals surface area contributed by atoms with Gasteiger partial charge < -0.3 is 15.1 Å². The van der Waals surface area contributed by atoms with Gasteiger partial charge in [-0.1, -0.05) is 6.07 Å². The zero-order valence-electron chi connectivity index (χ0n) is 15.9. The number of nitrogens with zero attached hydrogens (tertiary/aromatic N) is 3. The number of hydrogen-bond acceptors (Lipinski definition) is 6. The Labute approximate surface area is 164 Å². The molecule has 0 atom stereocenters. The van der Waals surface area contributed by atoms with Gasteiger partial charge in [-0.05, 0) is 29.8 Å². The van der Waals surface area contributed by atoms with Crippen LogP contribution in [0.2, 0.25) is 0 Å². The van der Waals surface area contributed by atoms with Gasteiger partial charge in [-0.15, -0.1) is 0 Å². The topological polar surface area (TPSA) is 82.6 Å². The van der Waals surface area contributed by atoms with Gasteiger partial charge in [0, 0.05) is 39.9 Å². The number of rotatable bonds is 5. The molecule has 1 N–H and O–H groups in total. The Kier molecular flexibility index (Phi) is 5.83. The van der Waals surface area contributed by atoms with E-state index in [4.69, 9.17) is 0 Å². The normalized spacial score (nSPS) is 15.9. The Morgan fingerprint density at radius 3 is 2.50 bits per heavy atom. The minimum Gasteiger partial charge on any atom is -0.375 e.